The van der Waals surface area contributed by atoms with Gasteiger partial charge in [-0.15, -0.1) is 0 Å². The number of rotatable bonds is 20. The number of nitrogens with zero attached hydrogens (tertiary/aromatic N) is 1. The van der Waals surface area contributed by atoms with Crippen LogP contribution in [0.15, 0.2) is 24.3 Å². The maximum absolute atomic E-state index is 13.7. The Bertz CT molecular complexity index is 1350. The minimum absolute atomic E-state index is 0.0689. The molecule has 6 amide bonds. The van der Waals surface area contributed by atoms with Crippen LogP contribution in [0.4, 0.5) is 0 Å². The van der Waals surface area contributed by atoms with E-state index in [2.05, 4.69) is 39.2 Å². The normalized spacial score (nSPS) is 17.0. The smallest absolute Gasteiger partial charge is 0.322 e. The molecule has 1 aromatic rings. The van der Waals surface area contributed by atoms with Crippen LogP contribution in [0.1, 0.15) is 45.1 Å². The lowest BCUT2D eigenvalue weighted by Crippen LogP contribution is -2.59. The summed E-state index contributed by atoms with van der Waals surface area (Å²) in [6.45, 7) is 2.78. The van der Waals surface area contributed by atoms with Crippen molar-refractivity contribution < 1.29 is 43.8 Å². The van der Waals surface area contributed by atoms with Crippen molar-refractivity contribution in [1.82, 2.24) is 31.5 Å². The molecule has 6 atom stereocenters. The van der Waals surface area contributed by atoms with Gasteiger partial charge in [-0.2, -0.15) is 24.4 Å². The number of aliphatic carboxylic acids is 1. The van der Waals surface area contributed by atoms with E-state index >= 15 is 0 Å². The molecule has 2 rings (SSSR count). The van der Waals surface area contributed by atoms with Crippen LogP contribution >= 0.6 is 24.4 Å². The van der Waals surface area contributed by atoms with Gasteiger partial charge in [0.2, 0.25) is 35.4 Å². The van der Waals surface area contributed by atoms with E-state index in [1.165, 1.54) is 28.8 Å². The number of likely N-dealkylation sites (tertiary alicyclic amines) is 1. The highest BCUT2D eigenvalue weighted by molar-refractivity contribution is 7.98. The molecule has 50 heavy (non-hydrogen) atoms. The number of carboxylic acids is 1. The number of aromatic hydroxyl groups is 1. The van der Waals surface area contributed by atoms with Crippen molar-refractivity contribution in [2.24, 2.45) is 11.7 Å². The van der Waals surface area contributed by atoms with Crippen LogP contribution in [-0.2, 0) is 40.0 Å². The number of benzene rings is 1. The summed E-state index contributed by atoms with van der Waals surface area (Å²) in [5, 5.41) is 31.0. The molecular formula is C32H49N7O9S2. The van der Waals surface area contributed by atoms with Crippen LogP contribution in [0, 0.1) is 5.92 Å². The summed E-state index contributed by atoms with van der Waals surface area (Å²) in [4.78, 5) is 90.6. The van der Waals surface area contributed by atoms with E-state index in [9.17, 15) is 38.7 Å². The van der Waals surface area contributed by atoms with Crippen LogP contribution < -0.4 is 32.3 Å². The Labute approximate surface area is 301 Å². The van der Waals surface area contributed by atoms with Gasteiger partial charge in [0.1, 0.15) is 36.5 Å². The summed E-state index contributed by atoms with van der Waals surface area (Å²) in [5.74, 6) is -4.77. The van der Waals surface area contributed by atoms with Crippen LogP contribution in [0.2, 0.25) is 0 Å². The SMILES string of the molecule is CC[C@H](C)[C@H](NC(=O)[C@H](CCSC)NC(=O)CNC(=O)[C@H](CS)NC(=O)[C@@H](N)Cc1ccc(O)cc1)C(=O)N1CCC[C@H]1C(=O)NCC(=O)O. The molecule has 16 nitrogen and oxygen atoms in total. The first kappa shape index (κ1) is 42.1. The molecule has 0 spiro atoms. The average molecular weight is 740 g/mol. The number of carbonyl (C=O) groups excluding carboxylic acids is 6. The first-order chi connectivity index (χ1) is 23.7. The summed E-state index contributed by atoms with van der Waals surface area (Å²) in [6, 6.07) is 1.12. The third kappa shape index (κ3) is 13.4. The standard InChI is InChI=1S/C32H49N7O9S2/c1-4-18(2)27(32(48)39-12-5-6-24(39)31(47)35-16-26(42)43)38-30(46)22(11-13-50-3)36-25(41)15-34-29(45)23(17-49)37-28(44)21(33)14-19-7-9-20(40)10-8-19/h7-10,18,21-24,27,40,49H,4-6,11-17,33H2,1-3H3,(H,34,45)(H,35,47)(H,36,41)(H,37,44)(H,38,46)(H,42,43)/t18-,21-,22-,23-,24-,27-/m0/s1. The van der Waals surface area contributed by atoms with Gasteiger partial charge < -0.3 is 47.4 Å². The molecule has 1 aliphatic heterocycles. The molecule has 0 aliphatic carbocycles. The Morgan fingerprint density at radius 2 is 1.66 bits per heavy atom. The van der Waals surface area contributed by atoms with Crippen molar-refractivity contribution in [3.05, 3.63) is 29.8 Å². The molecule has 0 bridgehead atoms. The van der Waals surface area contributed by atoms with Gasteiger partial charge in [0.15, 0.2) is 0 Å². The minimum atomic E-state index is -1.21. The van der Waals surface area contributed by atoms with Gasteiger partial charge in [-0.05, 0) is 61.3 Å². The number of phenolic OH excluding ortho intramolecular Hbond substituents is 1. The monoisotopic (exact) mass is 739 g/mol. The third-order valence-electron chi connectivity index (χ3n) is 8.26. The number of nitrogens with one attached hydrogen (secondary N) is 5. The average Bonchev–Trinajstić information content (AvgIpc) is 3.59. The molecule has 1 fully saturated rings. The lowest BCUT2D eigenvalue weighted by atomic mass is 9.96. The molecule has 0 saturated carbocycles. The van der Waals surface area contributed by atoms with E-state index in [4.69, 9.17) is 10.8 Å². The second kappa shape index (κ2) is 21.2. The lowest BCUT2D eigenvalue weighted by Gasteiger charge is -2.32. The zero-order chi connectivity index (χ0) is 37.4. The molecule has 0 aromatic heterocycles. The van der Waals surface area contributed by atoms with Gasteiger partial charge in [-0.1, -0.05) is 32.4 Å². The highest BCUT2D eigenvalue weighted by Crippen LogP contribution is 2.22. The summed E-state index contributed by atoms with van der Waals surface area (Å²) >= 11 is 5.58. The first-order valence-electron chi connectivity index (χ1n) is 16.3. The van der Waals surface area contributed by atoms with E-state index in [0.717, 1.165) is 0 Å². The maximum atomic E-state index is 13.7. The summed E-state index contributed by atoms with van der Waals surface area (Å²) in [5.41, 5.74) is 6.70. The third-order valence-corrected chi connectivity index (χ3v) is 9.27. The summed E-state index contributed by atoms with van der Waals surface area (Å²) < 4.78 is 0. The maximum Gasteiger partial charge on any atom is 0.322 e. The molecule has 18 heteroatoms. The zero-order valence-electron chi connectivity index (χ0n) is 28.5. The molecule has 0 radical (unpaired) electrons. The Kier molecular flexibility index (Phi) is 17.9. The number of carboxylic acid groups (broad SMARTS) is 1. The highest BCUT2D eigenvalue weighted by atomic mass is 32.2. The zero-order valence-corrected chi connectivity index (χ0v) is 30.2. The highest BCUT2D eigenvalue weighted by Gasteiger charge is 2.40. The molecule has 278 valence electrons. The number of amides is 6. The van der Waals surface area contributed by atoms with Crippen molar-refractivity contribution in [3.63, 3.8) is 0 Å². The Balaban J connectivity index is 2.02. The van der Waals surface area contributed by atoms with Gasteiger partial charge in [-0.3, -0.25) is 33.6 Å². The Morgan fingerprint density at radius 1 is 0.980 bits per heavy atom. The van der Waals surface area contributed by atoms with Crippen molar-refractivity contribution in [2.75, 3.05) is 37.4 Å². The van der Waals surface area contributed by atoms with Gasteiger partial charge in [0, 0.05) is 12.3 Å². The largest absolute Gasteiger partial charge is 0.508 e. The summed E-state index contributed by atoms with van der Waals surface area (Å²) in [6.07, 6.45) is 3.58. The number of carbonyl (C=O) groups is 7. The van der Waals surface area contributed by atoms with Gasteiger partial charge in [-0.25, -0.2) is 0 Å². The van der Waals surface area contributed by atoms with Crippen molar-refractivity contribution in [3.8, 4) is 5.75 Å². The van der Waals surface area contributed by atoms with E-state index in [0.29, 0.717) is 30.6 Å². The van der Waals surface area contributed by atoms with Crippen LogP contribution in [0.3, 0.4) is 0 Å². The van der Waals surface area contributed by atoms with E-state index in [-0.39, 0.29) is 36.8 Å². The van der Waals surface area contributed by atoms with Crippen LogP contribution in [0.25, 0.3) is 0 Å². The van der Waals surface area contributed by atoms with Crippen molar-refractivity contribution in [2.45, 2.75) is 76.2 Å². The van der Waals surface area contributed by atoms with E-state index in [1.807, 2.05) is 13.2 Å². The molecule has 1 heterocycles. The Morgan fingerprint density at radius 3 is 2.26 bits per heavy atom. The number of thioether (sulfide) groups is 1. The lowest BCUT2D eigenvalue weighted by molar-refractivity contribution is -0.144. The predicted octanol–water partition coefficient (Wildman–Crippen LogP) is -1.25. The van der Waals surface area contributed by atoms with Gasteiger partial charge in [0.05, 0.1) is 12.6 Å². The topological polar surface area (TPSA) is 249 Å². The number of hydrogen-bond donors (Lipinski definition) is 9. The number of nitrogens with two attached hydrogens (primary N) is 1. The molecule has 1 saturated heterocycles. The second-order valence-corrected chi connectivity index (χ2v) is 13.4. The molecule has 1 aliphatic rings. The fourth-order valence-electron chi connectivity index (χ4n) is 5.19. The molecule has 9 N–H and O–H groups in total. The van der Waals surface area contributed by atoms with Gasteiger partial charge in [0.25, 0.3) is 0 Å². The first-order valence-corrected chi connectivity index (χ1v) is 18.4. The van der Waals surface area contributed by atoms with E-state index < -0.39 is 84.7 Å². The molecule has 1 aromatic carbocycles. The quantitative estimate of drug-likeness (QED) is 0.0716. The molecule has 0 unspecified atom stereocenters. The number of phenols is 1. The summed E-state index contributed by atoms with van der Waals surface area (Å²) in [7, 11) is 0. The number of hydrogen-bond acceptors (Lipinski definition) is 11. The van der Waals surface area contributed by atoms with Gasteiger partial charge >= 0.3 is 5.97 Å². The number of thiol groups is 1. The van der Waals surface area contributed by atoms with Crippen LogP contribution in [-0.4, -0.2) is 124 Å². The predicted molar refractivity (Wildman–Crippen MR) is 190 cm³/mol. The van der Waals surface area contributed by atoms with Crippen molar-refractivity contribution in [1.29, 1.82) is 0 Å². The fraction of sp³-hybridized carbons (Fsp3) is 0.594. The van der Waals surface area contributed by atoms with Crippen molar-refractivity contribution >= 4 is 65.8 Å². The van der Waals surface area contributed by atoms with Crippen LogP contribution in [0.5, 0.6) is 5.75 Å². The minimum Gasteiger partial charge on any atom is -0.508 e. The molecular weight excluding hydrogens is 691 g/mol. The second-order valence-electron chi connectivity index (χ2n) is 12.0. The Hall–Kier alpha value is -4.03. The van der Waals surface area contributed by atoms with E-state index in [1.54, 1.807) is 19.1 Å². The fourth-order valence-corrected chi connectivity index (χ4v) is 5.92.